The summed E-state index contributed by atoms with van der Waals surface area (Å²) in [5, 5.41) is 22.2. The molecule has 0 N–H and O–H groups in total. The van der Waals surface area contributed by atoms with E-state index >= 15 is 0 Å². The molecule has 2 aromatic rings. The van der Waals surface area contributed by atoms with E-state index in [0.717, 1.165) is 0 Å². The summed E-state index contributed by atoms with van der Waals surface area (Å²) >= 11 is 0. The first-order chi connectivity index (χ1) is 13.5. The molecule has 1 aliphatic rings. The van der Waals surface area contributed by atoms with E-state index in [1.807, 2.05) is 0 Å². The Hall–Kier alpha value is -3.49. The fourth-order valence-corrected chi connectivity index (χ4v) is 3.53. The molecule has 1 aliphatic heterocycles. The first-order valence-corrected chi connectivity index (χ1v) is 8.91. The quantitative estimate of drug-likeness (QED) is 0.543. The maximum Gasteiger partial charge on any atom is 0.276 e. The molecule has 2 aromatic carbocycles. The van der Waals surface area contributed by atoms with Gasteiger partial charge in [-0.15, -0.1) is 0 Å². The van der Waals surface area contributed by atoms with Crippen molar-refractivity contribution in [3.63, 3.8) is 0 Å². The SMILES string of the molecule is Cc1c(C)c([N+](=O)[O-])c(C)c2c1OC(C)(COc1ccc([N+](=O)[O-])cc1)CC2=O. The Morgan fingerprint density at radius 3 is 2.21 bits per heavy atom. The molecule has 0 spiro atoms. The molecule has 152 valence electrons. The first-order valence-electron chi connectivity index (χ1n) is 8.91. The van der Waals surface area contributed by atoms with Crippen molar-refractivity contribution in [3.05, 3.63) is 66.7 Å². The summed E-state index contributed by atoms with van der Waals surface area (Å²) in [7, 11) is 0. The molecule has 0 saturated heterocycles. The van der Waals surface area contributed by atoms with Crippen molar-refractivity contribution in [2.24, 2.45) is 0 Å². The summed E-state index contributed by atoms with van der Waals surface area (Å²) < 4.78 is 11.8. The third-order valence-electron chi connectivity index (χ3n) is 5.15. The van der Waals surface area contributed by atoms with Crippen LogP contribution in [0, 0.1) is 41.0 Å². The van der Waals surface area contributed by atoms with Gasteiger partial charge in [-0.3, -0.25) is 25.0 Å². The number of carbonyl (C=O) groups excluding carboxylic acids is 1. The van der Waals surface area contributed by atoms with Gasteiger partial charge < -0.3 is 9.47 Å². The molecule has 0 fully saturated rings. The lowest BCUT2D eigenvalue weighted by Crippen LogP contribution is -2.45. The third-order valence-corrected chi connectivity index (χ3v) is 5.15. The highest BCUT2D eigenvalue weighted by molar-refractivity contribution is 6.03. The van der Waals surface area contributed by atoms with Crippen LogP contribution in [-0.4, -0.2) is 27.8 Å². The fourth-order valence-electron chi connectivity index (χ4n) is 3.53. The van der Waals surface area contributed by atoms with Crippen LogP contribution in [0.4, 0.5) is 11.4 Å². The van der Waals surface area contributed by atoms with E-state index in [1.165, 1.54) is 24.3 Å². The highest BCUT2D eigenvalue weighted by Crippen LogP contribution is 2.43. The molecule has 0 aliphatic carbocycles. The summed E-state index contributed by atoms with van der Waals surface area (Å²) in [6.45, 7) is 6.64. The van der Waals surface area contributed by atoms with Gasteiger partial charge in [0.05, 0.1) is 21.8 Å². The molecule has 1 unspecified atom stereocenters. The number of nitro benzene ring substituents is 2. The Labute approximate surface area is 166 Å². The second kappa shape index (κ2) is 7.16. The maximum absolute atomic E-state index is 12.9. The molecule has 1 atom stereocenters. The molecule has 3 rings (SSSR count). The van der Waals surface area contributed by atoms with Crippen LogP contribution in [0.1, 0.15) is 40.4 Å². The molecule has 0 bridgehead atoms. The van der Waals surface area contributed by atoms with Crippen molar-refractivity contribution < 1.29 is 24.1 Å². The molecule has 0 amide bonds. The van der Waals surface area contributed by atoms with Crippen LogP contribution >= 0.6 is 0 Å². The van der Waals surface area contributed by atoms with Crippen LogP contribution in [-0.2, 0) is 0 Å². The van der Waals surface area contributed by atoms with Gasteiger partial charge in [-0.05, 0) is 39.8 Å². The van der Waals surface area contributed by atoms with Gasteiger partial charge in [0.25, 0.3) is 11.4 Å². The molecule has 0 saturated carbocycles. The zero-order chi connectivity index (χ0) is 21.5. The third kappa shape index (κ3) is 3.63. The minimum atomic E-state index is -0.981. The number of nitrogens with zero attached hydrogens (tertiary/aromatic N) is 2. The number of non-ortho nitro benzene ring substituents is 1. The number of carbonyl (C=O) groups is 1. The van der Waals surface area contributed by atoms with E-state index in [1.54, 1.807) is 27.7 Å². The average Bonchev–Trinajstić information content (AvgIpc) is 2.64. The minimum Gasteiger partial charge on any atom is -0.489 e. The number of fused-ring (bicyclic) bond motifs is 1. The van der Waals surface area contributed by atoms with Gasteiger partial charge in [0.2, 0.25) is 0 Å². The Morgan fingerprint density at radius 1 is 1.03 bits per heavy atom. The standard InChI is InChI=1S/C20H20N2O7/c1-11-12(2)19-17(13(3)18(11)22(26)27)16(23)9-20(4,29-19)10-28-15-7-5-14(6-8-15)21(24)25/h5-8H,9-10H2,1-4H3. The largest absolute Gasteiger partial charge is 0.489 e. The predicted molar refractivity (Wildman–Crippen MR) is 104 cm³/mol. The normalized spacial score (nSPS) is 18.0. The molecule has 29 heavy (non-hydrogen) atoms. The van der Waals surface area contributed by atoms with Crippen LogP contribution in [0.5, 0.6) is 11.5 Å². The number of benzene rings is 2. The van der Waals surface area contributed by atoms with Crippen molar-refractivity contribution in [1.29, 1.82) is 0 Å². The van der Waals surface area contributed by atoms with Gasteiger partial charge in [-0.2, -0.15) is 0 Å². The second-order valence-electron chi connectivity index (χ2n) is 7.38. The summed E-state index contributed by atoms with van der Waals surface area (Å²) in [6.07, 6.45) is -0.00647. The van der Waals surface area contributed by atoms with Crippen molar-refractivity contribution in [3.8, 4) is 11.5 Å². The Bertz CT molecular complexity index is 1030. The molecular weight excluding hydrogens is 380 g/mol. The van der Waals surface area contributed by atoms with Crippen molar-refractivity contribution >= 4 is 17.2 Å². The number of Topliss-reactive ketones (excluding diaryl/α,β-unsaturated/α-hetero) is 1. The van der Waals surface area contributed by atoms with Crippen LogP contribution in [0.15, 0.2) is 24.3 Å². The first kappa shape index (κ1) is 20.2. The van der Waals surface area contributed by atoms with Crippen LogP contribution in [0.3, 0.4) is 0 Å². The van der Waals surface area contributed by atoms with Gasteiger partial charge >= 0.3 is 0 Å². The zero-order valence-electron chi connectivity index (χ0n) is 16.5. The van der Waals surface area contributed by atoms with Crippen molar-refractivity contribution in [2.45, 2.75) is 39.7 Å². The molecule has 1 heterocycles. The lowest BCUT2D eigenvalue weighted by molar-refractivity contribution is -0.386. The molecule has 0 aromatic heterocycles. The highest BCUT2D eigenvalue weighted by atomic mass is 16.6. The number of nitro groups is 2. The van der Waals surface area contributed by atoms with Crippen molar-refractivity contribution in [2.75, 3.05) is 6.61 Å². The smallest absolute Gasteiger partial charge is 0.276 e. The monoisotopic (exact) mass is 400 g/mol. The van der Waals surface area contributed by atoms with Crippen molar-refractivity contribution in [1.82, 2.24) is 0 Å². The molecule has 9 nitrogen and oxygen atoms in total. The van der Waals surface area contributed by atoms with E-state index in [-0.39, 0.29) is 35.7 Å². The maximum atomic E-state index is 12.9. The Morgan fingerprint density at radius 2 is 1.66 bits per heavy atom. The highest BCUT2D eigenvalue weighted by Gasteiger charge is 2.41. The number of ketones is 1. The fraction of sp³-hybridized carbons (Fsp3) is 0.350. The summed E-state index contributed by atoms with van der Waals surface area (Å²) in [5.74, 6) is 0.507. The minimum absolute atomic E-state index is 0.00647. The van der Waals surface area contributed by atoms with Crippen LogP contribution in [0.2, 0.25) is 0 Å². The van der Waals surface area contributed by atoms with Gasteiger partial charge in [0.15, 0.2) is 5.78 Å². The molecular formula is C20H20N2O7. The van der Waals surface area contributed by atoms with E-state index in [0.29, 0.717) is 28.2 Å². The van der Waals surface area contributed by atoms with Gasteiger partial charge in [0.1, 0.15) is 23.7 Å². The second-order valence-corrected chi connectivity index (χ2v) is 7.38. The van der Waals surface area contributed by atoms with Gasteiger partial charge in [-0.1, -0.05) is 0 Å². The number of rotatable bonds is 5. The Kier molecular flexibility index (Phi) is 5.00. The lowest BCUT2D eigenvalue weighted by atomic mass is 9.86. The van der Waals surface area contributed by atoms with Crippen LogP contribution in [0.25, 0.3) is 0 Å². The average molecular weight is 400 g/mol. The zero-order valence-corrected chi connectivity index (χ0v) is 16.5. The van der Waals surface area contributed by atoms with Gasteiger partial charge in [0, 0.05) is 28.8 Å². The summed E-state index contributed by atoms with van der Waals surface area (Å²) in [6, 6.07) is 5.61. The lowest BCUT2D eigenvalue weighted by Gasteiger charge is -2.36. The Balaban J connectivity index is 1.89. The van der Waals surface area contributed by atoms with E-state index < -0.39 is 15.4 Å². The number of hydrogen-bond acceptors (Lipinski definition) is 7. The summed E-state index contributed by atoms with van der Waals surface area (Å²) in [4.78, 5) is 34.1. The predicted octanol–water partition coefficient (Wildman–Crippen LogP) is 4.23. The van der Waals surface area contributed by atoms with Crippen LogP contribution < -0.4 is 9.47 Å². The topological polar surface area (TPSA) is 122 Å². The van der Waals surface area contributed by atoms with E-state index in [4.69, 9.17) is 9.47 Å². The molecule has 0 radical (unpaired) electrons. The number of hydrogen-bond donors (Lipinski definition) is 0. The van der Waals surface area contributed by atoms with E-state index in [2.05, 4.69) is 0 Å². The molecule has 9 heteroatoms. The van der Waals surface area contributed by atoms with Gasteiger partial charge in [-0.25, -0.2) is 0 Å². The summed E-state index contributed by atoms with van der Waals surface area (Å²) in [5.41, 5.74) is 0.454. The number of ether oxygens (including phenoxy) is 2. The van der Waals surface area contributed by atoms with E-state index in [9.17, 15) is 25.0 Å².